The molecule has 1 heterocycles. The summed E-state index contributed by atoms with van der Waals surface area (Å²) in [6.07, 6.45) is 2.25. The molecule has 0 spiro atoms. The Morgan fingerprint density at radius 2 is 2.05 bits per heavy atom. The smallest absolute Gasteiger partial charge is 0.308 e. The van der Waals surface area contributed by atoms with E-state index in [0.717, 1.165) is 12.8 Å². The summed E-state index contributed by atoms with van der Waals surface area (Å²) >= 11 is 1.58. The summed E-state index contributed by atoms with van der Waals surface area (Å²) < 4.78 is 0. The van der Waals surface area contributed by atoms with Crippen LogP contribution in [0.2, 0.25) is 0 Å². The average Bonchev–Trinajstić information content (AvgIpc) is 3.18. The molecule has 2 amide bonds. The molecule has 1 saturated carbocycles. The Kier molecular flexibility index (Phi) is 5.13. The lowest BCUT2D eigenvalue weighted by Gasteiger charge is -2.30. The van der Waals surface area contributed by atoms with E-state index in [1.165, 1.54) is 0 Å². The predicted octanol–water partition coefficient (Wildman–Crippen LogP) is 1.01. The van der Waals surface area contributed by atoms with Gasteiger partial charge in [0.05, 0.1) is 11.8 Å². The maximum atomic E-state index is 12.7. The number of amides is 2. The van der Waals surface area contributed by atoms with Crippen LogP contribution in [0, 0.1) is 5.92 Å². The van der Waals surface area contributed by atoms with Gasteiger partial charge in [-0.1, -0.05) is 13.8 Å². The Balaban J connectivity index is 2.07. The lowest BCUT2D eigenvalue weighted by Crippen LogP contribution is -2.51. The predicted molar refractivity (Wildman–Crippen MR) is 79.8 cm³/mol. The molecule has 0 radical (unpaired) electrons. The van der Waals surface area contributed by atoms with Crippen molar-refractivity contribution >= 4 is 29.5 Å². The van der Waals surface area contributed by atoms with Gasteiger partial charge in [0.1, 0.15) is 6.04 Å². The van der Waals surface area contributed by atoms with E-state index in [1.54, 1.807) is 35.4 Å². The Morgan fingerprint density at radius 1 is 1.38 bits per heavy atom. The fourth-order valence-electron chi connectivity index (χ4n) is 2.47. The molecule has 1 aliphatic heterocycles. The standard InChI is InChI=1S/C14H22N2O4S/c1-3-12(17)16-8-21-7-11(16)13(18)15(10-4-5-10)6-9(2)14(19)20/h9-11H,3-8H2,1-2H3,(H,19,20). The third kappa shape index (κ3) is 3.70. The number of aliphatic carboxylic acids is 1. The number of hydrogen-bond acceptors (Lipinski definition) is 4. The van der Waals surface area contributed by atoms with Gasteiger partial charge in [-0.15, -0.1) is 11.8 Å². The molecule has 118 valence electrons. The van der Waals surface area contributed by atoms with Crippen LogP contribution >= 0.6 is 11.8 Å². The van der Waals surface area contributed by atoms with Crippen molar-refractivity contribution in [2.45, 2.75) is 45.2 Å². The first-order chi connectivity index (χ1) is 9.95. The first kappa shape index (κ1) is 16.1. The van der Waals surface area contributed by atoms with Gasteiger partial charge in [0, 0.05) is 24.8 Å². The minimum Gasteiger partial charge on any atom is -0.481 e. The fourth-order valence-corrected chi connectivity index (χ4v) is 3.64. The van der Waals surface area contributed by atoms with Crippen molar-refractivity contribution in [3.05, 3.63) is 0 Å². The van der Waals surface area contributed by atoms with Crippen molar-refractivity contribution < 1.29 is 19.5 Å². The topological polar surface area (TPSA) is 77.9 Å². The molecule has 0 aromatic rings. The second kappa shape index (κ2) is 6.68. The number of carbonyl (C=O) groups is 3. The van der Waals surface area contributed by atoms with Gasteiger partial charge in [-0.2, -0.15) is 0 Å². The highest BCUT2D eigenvalue weighted by atomic mass is 32.2. The summed E-state index contributed by atoms with van der Waals surface area (Å²) in [6, 6.07) is -0.271. The lowest BCUT2D eigenvalue weighted by atomic mass is 10.1. The van der Waals surface area contributed by atoms with Crippen LogP contribution in [-0.2, 0) is 14.4 Å². The molecule has 7 heteroatoms. The fraction of sp³-hybridized carbons (Fsp3) is 0.786. The highest BCUT2D eigenvalue weighted by Gasteiger charge is 2.42. The second-order valence-electron chi connectivity index (χ2n) is 5.69. The van der Waals surface area contributed by atoms with Gasteiger partial charge in [-0.05, 0) is 12.8 Å². The number of hydrogen-bond donors (Lipinski definition) is 1. The third-order valence-electron chi connectivity index (χ3n) is 3.95. The molecule has 21 heavy (non-hydrogen) atoms. The van der Waals surface area contributed by atoms with Gasteiger partial charge < -0.3 is 14.9 Å². The average molecular weight is 314 g/mol. The van der Waals surface area contributed by atoms with Crippen LogP contribution in [0.3, 0.4) is 0 Å². The SMILES string of the molecule is CCC(=O)N1CSCC1C(=O)N(CC(C)C(=O)O)C1CC1. The zero-order chi connectivity index (χ0) is 15.6. The maximum Gasteiger partial charge on any atom is 0.308 e. The van der Waals surface area contributed by atoms with Crippen LogP contribution in [-0.4, -0.2) is 62.9 Å². The number of rotatable bonds is 6. The van der Waals surface area contributed by atoms with Crippen LogP contribution < -0.4 is 0 Å². The summed E-state index contributed by atoms with van der Waals surface area (Å²) in [5, 5.41) is 9.05. The summed E-state index contributed by atoms with van der Waals surface area (Å²) in [5.74, 6) is -0.418. The maximum absolute atomic E-state index is 12.7. The lowest BCUT2D eigenvalue weighted by molar-refractivity contribution is -0.147. The molecular formula is C14H22N2O4S. The molecule has 1 saturated heterocycles. The molecule has 2 rings (SSSR count). The number of carbonyl (C=O) groups excluding carboxylic acids is 2. The first-order valence-electron chi connectivity index (χ1n) is 7.36. The van der Waals surface area contributed by atoms with E-state index in [0.29, 0.717) is 18.1 Å². The van der Waals surface area contributed by atoms with E-state index < -0.39 is 17.9 Å². The molecule has 0 aromatic heterocycles. The number of nitrogens with zero attached hydrogens (tertiary/aromatic N) is 2. The van der Waals surface area contributed by atoms with E-state index in [9.17, 15) is 14.4 Å². The zero-order valence-corrected chi connectivity index (χ0v) is 13.3. The molecule has 2 aliphatic rings. The highest BCUT2D eigenvalue weighted by Crippen LogP contribution is 2.31. The van der Waals surface area contributed by atoms with Crippen LogP contribution in [0.1, 0.15) is 33.1 Å². The van der Waals surface area contributed by atoms with Crippen molar-refractivity contribution in [1.29, 1.82) is 0 Å². The molecule has 0 aromatic carbocycles. The Hall–Kier alpha value is -1.24. The molecular weight excluding hydrogens is 292 g/mol. The molecule has 2 unspecified atom stereocenters. The minimum atomic E-state index is -0.893. The number of carboxylic acid groups (broad SMARTS) is 1. The molecule has 0 bridgehead atoms. The second-order valence-corrected chi connectivity index (χ2v) is 6.69. The van der Waals surface area contributed by atoms with E-state index >= 15 is 0 Å². The van der Waals surface area contributed by atoms with E-state index in [-0.39, 0.29) is 24.4 Å². The summed E-state index contributed by atoms with van der Waals surface area (Å²) in [7, 11) is 0. The van der Waals surface area contributed by atoms with Crippen molar-refractivity contribution in [3.8, 4) is 0 Å². The Morgan fingerprint density at radius 3 is 2.57 bits per heavy atom. The van der Waals surface area contributed by atoms with E-state index in [1.807, 2.05) is 0 Å². The summed E-state index contributed by atoms with van der Waals surface area (Å²) in [4.78, 5) is 39.0. The normalized spacial score (nSPS) is 23.0. The molecule has 6 nitrogen and oxygen atoms in total. The minimum absolute atomic E-state index is 0.0135. The van der Waals surface area contributed by atoms with Crippen molar-refractivity contribution in [3.63, 3.8) is 0 Å². The van der Waals surface area contributed by atoms with Gasteiger partial charge in [-0.25, -0.2) is 0 Å². The highest BCUT2D eigenvalue weighted by molar-refractivity contribution is 7.99. The molecule has 1 aliphatic carbocycles. The molecule has 1 N–H and O–H groups in total. The van der Waals surface area contributed by atoms with Gasteiger partial charge >= 0.3 is 5.97 Å². The summed E-state index contributed by atoms with van der Waals surface area (Å²) in [6.45, 7) is 3.63. The zero-order valence-electron chi connectivity index (χ0n) is 12.4. The van der Waals surface area contributed by atoms with Crippen LogP contribution in [0.25, 0.3) is 0 Å². The van der Waals surface area contributed by atoms with Gasteiger partial charge in [0.2, 0.25) is 11.8 Å². The number of thioether (sulfide) groups is 1. The van der Waals surface area contributed by atoms with Crippen molar-refractivity contribution in [2.75, 3.05) is 18.2 Å². The number of carboxylic acids is 1. The van der Waals surface area contributed by atoms with Gasteiger partial charge in [-0.3, -0.25) is 14.4 Å². The van der Waals surface area contributed by atoms with Gasteiger partial charge in [0.15, 0.2) is 0 Å². The van der Waals surface area contributed by atoms with Crippen molar-refractivity contribution in [2.24, 2.45) is 5.92 Å². The monoisotopic (exact) mass is 314 g/mol. The third-order valence-corrected chi connectivity index (χ3v) is 4.97. The van der Waals surface area contributed by atoms with Crippen LogP contribution in [0.4, 0.5) is 0 Å². The summed E-state index contributed by atoms with van der Waals surface area (Å²) in [5.41, 5.74) is 0. The van der Waals surface area contributed by atoms with Crippen molar-refractivity contribution in [1.82, 2.24) is 9.80 Å². The van der Waals surface area contributed by atoms with E-state index in [4.69, 9.17) is 5.11 Å². The molecule has 2 atom stereocenters. The molecule has 2 fully saturated rings. The Bertz CT molecular complexity index is 439. The first-order valence-corrected chi connectivity index (χ1v) is 8.51. The Labute approximate surface area is 128 Å². The van der Waals surface area contributed by atoms with Crippen LogP contribution in [0.5, 0.6) is 0 Å². The largest absolute Gasteiger partial charge is 0.481 e. The quantitative estimate of drug-likeness (QED) is 0.791. The van der Waals surface area contributed by atoms with Gasteiger partial charge in [0.25, 0.3) is 0 Å². The van der Waals surface area contributed by atoms with Crippen LogP contribution in [0.15, 0.2) is 0 Å². The van der Waals surface area contributed by atoms with E-state index in [2.05, 4.69) is 0 Å².